The molecule has 0 atom stereocenters. The molecule has 0 unspecified atom stereocenters. The van der Waals surface area contributed by atoms with Gasteiger partial charge in [-0.05, 0) is 22.6 Å². The number of methoxy groups -OCH3 is 1. The zero-order chi connectivity index (χ0) is 12.3. The number of halogens is 4. The summed E-state index contributed by atoms with van der Waals surface area (Å²) in [6.07, 6.45) is -3.47. The first-order valence-corrected chi connectivity index (χ1v) is 4.90. The number of aldehydes is 1. The maximum atomic E-state index is 12.0. The zero-order valence-electron chi connectivity index (χ0n) is 7.84. The van der Waals surface area contributed by atoms with Crippen LogP contribution in [-0.2, 0) is 0 Å². The van der Waals surface area contributed by atoms with Crippen molar-refractivity contribution in [1.82, 2.24) is 4.98 Å². The van der Waals surface area contributed by atoms with Crippen LogP contribution in [0.15, 0.2) is 6.20 Å². The fraction of sp³-hybridized carbons (Fsp3) is 0.250. The number of hydrogen-bond acceptors (Lipinski definition) is 4. The Morgan fingerprint density at radius 2 is 2.12 bits per heavy atom. The Bertz CT molecular complexity index is 408. The van der Waals surface area contributed by atoms with Crippen LogP contribution in [0.4, 0.5) is 13.2 Å². The third-order valence-electron chi connectivity index (χ3n) is 1.54. The second kappa shape index (κ2) is 4.85. The summed E-state index contributed by atoms with van der Waals surface area (Å²) in [4.78, 5) is 14.1. The average Bonchev–Trinajstić information content (AvgIpc) is 2.19. The molecule has 0 aliphatic carbocycles. The number of ether oxygens (including phenoxy) is 2. The first-order chi connectivity index (χ1) is 7.39. The van der Waals surface area contributed by atoms with Crippen LogP contribution in [0, 0.1) is 3.57 Å². The Morgan fingerprint density at radius 3 is 2.56 bits per heavy atom. The summed E-state index contributed by atoms with van der Waals surface area (Å²) in [7, 11) is 1.28. The minimum absolute atomic E-state index is 0.0302. The van der Waals surface area contributed by atoms with Crippen molar-refractivity contribution in [3.05, 3.63) is 15.3 Å². The van der Waals surface area contributed by atoms with Crippen molar-refractivity contribution in [3.63, 3.8) is 0 Å². The molecule has 8 heteroatoms. The first kappa shape index (κ1) is 13.0. The molecule has 4 nitrogen and oxygen atoms in total. The largest absolute Gasteiger partial charge is 0.574 e. The van der Waals surface area contributed by atoms with E-state index >= 15 is 0 Å². The molecule has 0 aliphatic heterocycles. The molecule has 0 aliphatic rings. The van der Waals surface area contributed by atoms with Gasteiger partial charge < -0.3 is 9.47 Å². The van der Waals surface area contributed by atoms with E-state index in [0.717, 1.165) is 6.20 Å². The van der Waals surface area contributed by atoms with E-state index in [-0.39, 0.29) is 14.9 Å². The van der Waals surface area contributed by atoms with Crippen molar-refractivity contribution < 1.29 is 27.4 Å². The SMILES string of the molecule is COc1cnc(OC(F)(F)F)c(I)c1C=O. The summed E-state index contributed by atoms with van der Waals surface area (Å²) >= 11 is 1.53. The molecule has 1 heterocycles. The van der Waals surface area contributed by atoms with Gasteiger partial charge in [0.2, 0.25) is 5.88 Å². The summed E-state index contributed by atoms with van der Waals surface area (Å²) in [5.41, 5.74) is -0.0302. The molecular formula is C8H5F3INO3. The van der Waals surface area contributed by atoms with E-state index < -0.39 is 12.2 Å². The van der Waals surface area contributed by atoms with Crippen LogP contribution < -0.4 is 9.47 Å². The lowest BCUT2D eigenvalue weighted by Crippen LogP contribution is -2.19. The molecule has 0 amide bonds. The van der Waals surface area contributed by atoms with Crippen LogP contribution in [0.1, 0.15) is 10.4 Å². The molecule has 0 aromatic carbocycles. The second-order valence-electron chi connectivity index (χ2n) is 2.53. The quantitative estimate of drug-likeness (QED) is 0.623. The Morgan fingerprint density at radius 1 is 1.50 bits per heavy atom. The van der Waals surface area contributed by atoms with E-state index in [0.29, 0.717) is 6.29 Å². The van der Waals surface area contributed by atoms with E-state index in [9.17, 15) is 18.0 Å². The molecule has 0 N–H and O–H groups in total. The lowest BCUT2D eigenvalue weighted by molar-refractivity contribution is -0.276. The van der Waals surface area contributed by atoms with E-state index in [4.69, 9.17) is 4.74 Å². The molecule has 1 aromatic heterocycles. The molecule has 0 bridgehead atoms. The smallest absolute Gasteiger partial charge is 0.494 e. The number of carbonyl (C=O) groups excluding carboxylic acids is 1. The fourth-order valence-electron chi connectivity index (χ4n) is 0.920. The van der Waals surface area contributed by atoms with E-state index in [1.807, 2.05) is 0 Å². The Hall–Kier alpha value is -1.06. The van der Waals surface area contributed by atoms with E-state index in [1.54, 1.807) is 0 Å². The van der Waals surface area contributed by atoms with Crippen molar-refractivity contribution in [3.8, 4) is 11.6 Å². The van der Waals surface area contributed by atoms with Gasteiger partial charge in [0, 0.05) is 0 Å². The monoisotopic (exact) mass is 347 g/mol. The van der Waals surface area contributed by atoms with Crippen LogP contribution in [0.25, 0.3) is 0 Å². The van der Waals surface area contributed by atoms with Gasteiger partial charge in [-0.3, -0.25) is 4.79 Å². The molecule has 1 aromatic rings. The summed E-state index contributed by atoms with van der Waals surface area (Å²) in [6.45, 7) is 0. The van der Waals surface area contributed by atoms with Gasteiger partial charge in [0.1, 0.15) is 5.75 Å². The molecule has 0 fully saturated rings. The van der Waals surface area contributed by atoms with Crippen molar-refractivity contribution in [2.45, 2.75) is 6.36 Å². The van der Waals surface area contributed by atoms with Crippen LogP contribution in [0.2, 0.25) is 0 Å². The van der Waals surface area contributed by atoms with Crippen molar-refractivity contribution in [2.24, 2.45) is 0 Å². The number of carbonyl (C=O) groups is 1. The predicted molar refractivity (Wildman–Crippen MR) is 55.6 cm³/mol. The molecule has 0 radical (unpaired) electrons. The predicted octanol–water partition coefficient (Wildman–Crippen LogP) is 2.41. The zero-order valence-corrected chi connectivity index (χ0v) is 10.00. The van der Waals surface area contributed by atoms with Crippen LogP contribution >= 0.6 is 22.6 Å². The van der Waals surface area contributed by atoms with Crippen molar-refractivity contribution in [2.75, 3.05) is 7.11 Å². The summed E-state index contributed by atoms with van der Waals surface area (Å²) in [6, 6.07) is 0. The van der Waals surface area contributed by atoms with Gasteiger partial charge in [0.25, 0.3) is 0 Å². The Labute approximate surface area is 102 Å². The summed E-state index contributed by atoms with van der Waals surface area (Å²) in [5.74, 6) is -0.579. The molecule has 0 saturated carbocycles. The topological polar surface area (TPSA) is 48.4 Å². The lowest BCUT2D eigenvalue weighted by atomic mass is 10.3. The standard InChI is InChI=1S/C8H5F3INO3/c1-15-5-2-13-7(16-8(9,10)11)6(12)4(5)3-14/h2-3H,1H3. The Kier molecular flexibility index (Phi) is 3.94. The van der Waals surface area contributed by atoms with Gasteiger partial charge >= 0.3 is 6.36 Å². The normalized spacial score (nSPS) is 11.1. The van der Waals surface area contributed by atoms with E-state index in [2.05, 4.69) is 9.72 Å². The third kappa shape index (κ3) is 2.97. The first-order valence-electron chi connectivity index (χ1n) is 3.82. The Balaban J connectivity index is 3.19. The highest BCUT2D eigenvalue weighted by Gasteiger charge is 2.33. The number of rotatable bonds is 3. The highest BCUT2D eigenvalue weighted by atomic mass is 127. The molecule has 0 saturated heterocycles. The van der Waals surface area contributed by atoms with Gasteiger partial charge in [-0.1, -0.05) is 0 Å². The van der Waals surface area contributed by atoms with Crippen LogP contribution in [0.3, 0.4) is 0 Å². The number of alkyl halides is 3. The number of aromatic nitrogens is 1. The molecule has 88 valence electrons. The number of pyridine rings is 1. The van der Waals surface area contributed by atoms with Crippen molar-refractivity contribution in [1.29, 1.82) is 0 Å². The highest BCUT2D eigenvalue weighted by molar-refractivity contribution is 14.1. The van der Waals surface area contributed by atoms with Gasteiger partial charge in [-0.2, -0.15) is 0 Å². The fourth-order valence-corrected chi connectivity index (χ4v) is 1.56. The summed E-state index contributed by atoms with van der Waals surface area (Å²) in [5, 5.41) is 0. The van der Waals surface area contributed by atoms with E-state index in [1.165, 1.54) is 29.7 Å². The van der Waals surface area contributed by atoms with Crippen molar-refractivity contribution >= 4 is 28.9 Å². The van der Waals surface area contributed by atoms with Gasteiger partial charge in [0.15, 0.2) is 6.29 Å². The minimum Gasteiger partial charge on any atom is -0.494 e. The van der Waals surface area contributed by atoms with Crippen LogP contribution in [0.5, 0.6) is 11.6 Å². The molecular weight excluding hydrogens is 342 g/mol. The second-order valence-corrected chi connectivity index (χ2v) is 3.60. The van der Waals surface area contributed by atoms with Crippen LogP contribution in [-0.4, -0.2) is 24.7 Å². The average molecular weight is 347 g/mol. The third-order valence-corrected chi connectivity index (χ3v) is 2.58. The molecule has 0 spiro atoms. The molecule has 16 heavy (non-hydrogen) atoms. The lowest BCUT2D eigenvalue weighted by Gasteiger charge is -2.11. The van der Waals surface area contributed by atoms with Gasteiger partial charge in [-0.15, -0.1) is 13.2 Å². The van der Waals surface area contributed by atoms with Gasteiger partial charge in [-0.25, -0.2) is 4.98 Å². The summed E-state index contributed by atoms with van der Waals surface area (Å²) < 4.78 is 44.2. The molecule has 1 rings (SSSR count). The number of nitrogens with zero attached hydrogens (tertiary/aromatic N) is 1. The highest BCUT2D eigenvalue weighted by Crippen LogP contribution is 2.31. The minimum atomic E-state index is -4.85. The maximum Gasteiger partial charge on any atom is 0.574 e. The van der Waals surface area contributed by atoms with Gasteiger partial charge in [0.05, 0.1) is 22.4 Å². The number of hydrogen-bond donors (Lipinski definition) is 0. The maximum absolute atomic E-state index is 12.0.